The molecular weight excluding hydrogens is 659 g/mol. The van der Waals surface area contributed by atoms with E-state index in [2.05, 4.69) is 36.8 Å². The van der Waals surface area contributed by atoms with E-state index in [-0.39, 0.29) is 55.5 Å². The Kier molecular flexibility index (Phi) is 10.6. The minimum absolute atomic E-state index is 0.0656. The van der Waals surface area contributed by atoms with Crippen LogP contribution in [0.4, 0.5) is 13.2 Å². The van der Waals surface area contributed by atoms with E-state index in [9.17, 15) is 37.5 Å². The number of fused-ring (bicyclic) bond motifs is 2. The highest BCUT2D eigenvalue weighted by Gasteiger charge is 2.56. The van der Waals surface area contributed by atoms with Crippen LogP contribution < -0.4 is 31.9 Å². The monoisotopic (exact) mass is 705 g/mol. The Morgan fingerprint density at radius 1 is 1.06 bits per heavy atom. The van der Waals surface area contributed by atoms with E-state index in [1.165, 1.54) is 0 Å². The Morgan fingerprint density at radius 2 is 1.79 bits per heavy atom. The molecule has 270 valence electrons. The molecule has 12 atom stereocenters. The zero-order valence-corrected chi connectivity index (χ0v) is 27.9. The van der Waals surface area contributed by atoms with Crippen molar-refractivity contribution in [1.82, 2.24) is 46.6 Å². The highest BCUT2D eigenvalue weighted by Crippen LogP contribution is 2.39. The molecular formula is C30H47ClF3N9O5. The summed E-state index contributed by atoms with van der Waals surface area (Å²) in [4.78, 5) is 59.5. The summed E-state index contributed by atoms with van der Waals surface area (Å²) in [5.41, 5.74) is 0. The molecule has 5 heterocycles. The van der Waals surface area contributed by atoms with Gasteiger partial charge in [0.05, 0.1) is 42.2 Å². The van der Waals surface area contributed by atoms with Crippen molar-refractivity contribution in [2.24, 2.45) is 5.92 Å². The standard InChI is InChI=1S/C30H47ClF3N9O5/c1-3-19-24(41-6-8-42(9-7-41)29(48)23-25(45)14(2)36-13-37-23)26(46)22-27(40-21-18(39-22)11-35-28(21)47)43(19)12-20(44)38-17-5-4-15(10-16(17)31)30(32,33)34/h14-19,21-25,27,36-37,39-40,45H,3-13H2,1-2H3,(H,35,47)(H,38,44). The minimum Gasteiger partial charge on any atom is -0.389 e. The van der Waals surface area contributed by atoms with Gasteiger partial charge in [0.1, 0.15) is 12.1 Å². The average Bonchev–Trinajstić information content (AvgIpc) is 3.42. The fourth-order valence-electron chi connectivity index (χ4n) is 8.46. The van der Waals surface area contributed by atoms with Crippen LogP contribution >= 0.6 is 11.6 Å². The van der Waals surface area contributed by atoms with Gasteiger partial charge in [-0.3, -0.25) is 50.2 Å². The number of nitrogens with zero attached hydrogens (tertiary/aromatic N) is 3. The van der Waals surface area contributed by atoms with E-state index in [0.717, 1.165) is 0 Å². The van der Waals surface area contributed by atoms with E-state index in [1.807, 2.05) is 18.7 Å². The van der Waals surface area contributed by atoms with E-state index in [0.29, 0.717) is 45.8 Å². The SMILES string of the molecule is CCC1C(N2CCN(C(=O)C3NCNC(C)C3O)CC2)C(=O)C2NC3CNC(=O)C3NC2N1CC(=O)NC1CCC(C(F)(F)F)CC1Cl. The van der Waals surface area contributed by atoms with Gasteiger partial charge >= 0.3 is 6.18 Å². The summed E-state index contributed by atoms with van der Waals surface area (Å²) in [5, 5.41) is 28.2. The number of aliphatic hydroxyl groups is 1. The first-order valence-electron chi connectivity index (χ1n) is 17.1. The van der Waals surface area contributed by atoms with Crippen LogP contribution in [0.15, 0.2) is 0 Å². The highest BCUT2D eigenvalue weighted by atomic mass is 35.5. The summed E-state index contributed by atoms with van der Waals surface area (Å²) in [6.07, 6.45) is -5.71. The fraction of sp³-hybridized carbons (Fsp3) is 0.867. The lowest BCUT2D eigenvalue weighted by Crippen LogP contribution is -2.81. The zero-order valence-electron chi connectivity index (χ0n) is 27.1. The van der Waals surface area contributed by atoms with Crippen molar-refractivity contribution >= 4 is 35.1 Å². The summed E-state index contributed by atoms with van der Waals surface area (Å²) in [7, 11) is 0. The van der Waals surface area contributed by atoms with Crippen molar-refractivity contribution in [1.29, 1.82) is 0 Å². The first-order valence-corrected chi connectivity index (χ1v) is 17.5. The molecule has 0 bridgehead atoms. The second-order valence-corrected chi connectivity index (χ2v) is 14.6. The van der Waals surface area contributed by atoms with Crippen LogP contribution in [0.1, 0.15) is 39.5 Å². The molecule has 6 fully saturated rings. The zero-order chi connectivity index (χ0) is 34.5. The Bertz CT molecular complexity index is 1240. The van der Waals surface area contributed by atoms with E-state index in [4.69, 9.17) is 11.6 Å². The van der Waals surface area contributed by atoms with Gasteiger partial charge in [0.15, 0.2) is 5.78 Å². The molecule has 0 spiro atoms. The molecule has 0 aromatic carbocycles. The number of amides is 3. The Hall–Kier alpha value is -2.12. The van der Waals surface area contributed by atoms with Crippen molar-refractivity contribution in [2.75, 3.05) is 45.9 Å². The predicted octanol–water partition coefficient (Wildman–Crippen LogP) is -2.36. The number of piperazine rings is 2. The topological polar surface area (TPSA) is 170 Å². The number of alkyl halides is 4. The molecule has 5 saturated heterocycles. The molecule has 48 heavy (non-hydrogen) atoms. The van der Waals surface area contributed by atoms with Crippen LogP contribution in [0.3, 0.4) is 0 Å². The molecule has 12 unspecified atom stereocenters. The molecule has 18 heteroatoms. The molecule has 0 aromatic heterocycles. The third kappa shape index (κ3) is 6.93. The first-order chi connectivity index (χ1) is 22.8. The van der Waals surface area contributed by atoms with Gasteiger partial charge in [-0.15, -0.1) is 11.6 Å². The number of hydrogen-bond donors (Lipinski definition) is 7. The van der Waals surface area contributed by atoms with Crippen LogP contribution in [0.2, 0.25) is 0 Å². The molecule has 7 N–H and O–H groups in total. The van der Waals surface area contributed by atoms with Crippen molar-refractivity contribution in [3.8, 4) is 0 Å². The number of Topliss-reactive ketones (excluding diaryl/α,β-unsaturated/α-hetero) is 1. The number of hydrogen-bond acceptors (Lipinski definition) is 11. The number of nitrogens with one attached hydrogen (secondary N) is 6. The van der Waals surface area contributed by atoms with Gasteiger partial charge < -0.3 is 20.6 Å². The third-order valence-electron chi connectivity index (χ3n) is 11.2. The lowest BCUT2D eigenvalue weighted by Gasteiger charge is -2.55. The third-order valence-corrected chi connectivity index (χ3v) is 11.7. The Morgan fingerprint density at radius 3 is 2.46 bits per heavy atom. The Labute approximate surface area is 282 Å². The van der Waals surface area contributed by atoms with E-state index >= 15 is 0 Å². The normalized spacial score (nSPS) is 41.4. The summed E-state index contributed by atoms with van der Waals surface area (Å²) >= 11 is 6.36. The van der Waals surface area contributed by atoms with Gasteiger partial charge in [0, 0.05) is 63.6 Å². The fourth-order valence-corrected chi connectivity index (χ4v) is 8.86. The Balaban J connectivity index is 1.17. The quantitative estimate of drug-likeness (QED) is 0.148. The summed E-state index contributed by atoms with van der Waals surface area (Å²) in [6, 6.07) is -4.32. The summed E-state index contributed by atoms with van der Waals surface area (Å²) in [5.74, 6) is -2.38. The molecule has 6 aliphatic rings. The largest absolute Gasteiger partial charge is 0.391 e. The number of rotatable bonds is 6. The van der Waals surface area contributed by atoms with Crippen LogP contribution in [0.25, 0.3) is 0 Å². The number of piperidine rings is 1. The molecule has 0 radical (unpaired) electrons. The molecule has 14 nitrogen and oxygen atoms in total. The maximum Gasteiger partial charge on any atom is 0.391 e. The van der Waals surface area contributed by atoms with Gasteiger partial charge in [-0.2, -0.15) is 13.2 Å². The van der Waals surface area contributed by atoms with Crippen molar-refractivity contribution in [3.63, 3.8) is 0 Å². The second-order valence-electron chi connectivity index (χ2n) is 14.0. The number of carbonyl (C=O) groups excluding carboxylic acids is 4. The van der Waals surface area contributed by atoms with Crippen LogP contribution in [0.5, 0.6) is 0 Å². The summed E-state index contributed by atoms with van der Waals surface area (Å²) in [6.45, 7) is 5.86. The number of halogens is 4. The van der Waals surface area contributed by atoms with Gasteiger partial charge in [-0.25, -0.2) is 0 Å². The molecule has 3 amide bonds. The molecule has 6 rings (SSSR count). The number of ketones is 1. The van der Waals surface area contributed by atoms with Gasteiger partial charge in [-0.05, 0) is 32.6 Å². The van der Waals surface area contributed by atoms with Crippen molar-refractivity contribution in [3.05, 3.63) is 0 Å². The molecule has 0 aromatic rings. The van der Waals surface area contributed by atoms with Crippen molar-refractivity contribution < 1.29 is 37.5 Å². The lowest BCUT2D eigenvalue weighted by molar-refractivity contribution is -0.182. The number of aliphatic hydroxyl groups excluding tert-OH is 1. The first kappa shape index (κ1) is 35.7. The van der Waals surface area contributed by atoms with Crippen molar-refractivity contribution in [2.45, 2.75) is 112 Å². The second kappa shape index (κ2) is 14.2. The van der Waals surface area contributed by atoms with Crippen LogP contribution in [-0.4, -0.2) is 161 Å². The van der Waals surface area contributed by atoms with Gasteiger partial charge in [0.25, 0.3) is 0 Å². The van der Waals surface area contributed by atoms with Crippen LogP contribution in [-0.2, 0) is 19.2 Å². The lowest BCUT2D eigenvalue weighted by atomic mass is 9.83. The highest BCUT2D eigenvalue weighted by molar-refractivity contribution is 6.21. The van der Waals surface area contributed by atoms with E-state index < -0.39 is 71.9 Å². The van der Waals surface area contributed by atoms with Gasteiger partial charge in [0.2, 0.25) is 17.7 Å². The van der Waals surface area contributed by atoms with Crippen LogP contribution in [0, 0.1) is 5.92 Å². The number of likely N-dealkylation sites (tertiary alicyclic amines) is 1. The minimum atomic E-state index is -4.34. The number of carbonyl (C=O) groups is 4. The average molecular weight is 706 g/mol. The van der Waals surface area contributed by atoms with E-state index in [1.54, 1.807) is 4.90 Å². The smallest absolute Gasteiger partial charge is 0.389 e. The van der Waals surface area contributed by atoms with Gasteiger partial charge in [-0.1, -0.05) is 6.92 Å². The molecule has 1 saturated carbocycles. The predicted molar refractivity (Wildman–Crippen MR) is 168 cm³/mol. The maximum absolute atomic E-state index is 14.3. The maximum atomic E-state index is 14.3. The summed E-state index contributed by atoms with van der Waals surface area (Å²) < 4.78 is 39.9. The molecule has 1 aliphatic carbocycles. The molecule has 5 aliphatic heterocycles.